The molecule has 0 rings (SSSR count). The third-order valence-corrected chi connectivity index (χ3v) is 0. The van der Waals surface area contributed by atoms with Gasteiger partial charge in [0.2, 0.25) is 0 Å². The molecule has 0 aromatic carbocycles. The van der Waals surface area contributed by atoms with Crippen LogP contribution in [0.15, 0.2) is 0 Å². The molecule has 4 heteroatoms. The fourth-order valence-corrected chi connectivity index (χ4v) is 0. The van der Waals surface area contributed by atoms with Crippen molar-refractivity contribution in [2.45, 2.75) is 0 Å². The van der Waals surface area contributed by atoms with Crippen molar-refractivity contribution in [2.24, 2.45) is 0 Å². The molecular formula is H3KMgPSi. The number of hydrogen-bond donors (Lipinski definition) is 0. The van der Waals surface area contributed by atoms with E-state index in [2.05, 4.69) is 0 Å². The Morgan fingerprint density at radius 2 is 1.00 bits per heavy atom. The van der Waals surface area contributed by atoms with E-state index in [0.717, 1.165) is 0 Å². The fraction of sp³-hybridized carbons (Fsp3) is 0. The van der Waals surface area contributed by atoms with Gasteiger partial charge in [0.15, 0.2) is 0 Å². The van der Waals surface area contributed by atoms with E-state index in [1.165, 1.54) is 0 Å². The third kappa shape index (κ3) is 8.90. The SMILES string of the molecule is P.[K].[Mg].[Si]. The average molecular weight is 125 g/mol. The molecule has 0 aromatic rings. The summed E-state index contributed by atoms with van der Waals surface area (Å²) < 4.78 is 0. The second-order valence-corrected chi connectivity index (χ2v) is 0. The Balaban J connectivity index is 0. The van der Waals surface area contributed by atoms with Crippen molar-refractivity contribution in [3.8, 4) is 0 Å². The summed E-state index contributed by atoms with van der Waals surface area (Å²) in [5.74, 6) is 0. The monoisotopic (exact) mass is 125 g/mol. The Kier molecular flexibility index (Phi) is 115. The van der Waals surface area contributed by atoms with E-state index in [4.69, 9.17) is 0 Å². The molecule has 0 aliphatic heterocycles. The van der Waals surface area contributed by atoms with Crippen LogP contribution in [0.25, 0.3) is 0 Å². The molecule has 7 radical (unpaired) electrons. The maximum atomic E-state index is 0. The summed E-state index contributed by atoms with van der Waals surface area (Å²) in [6.45, 7) is 0. The minimum atomic E-state index is 0. The zero-order valence-corrected chi connectivity index (χ0v) is 9.87. The second-order valence-electron chi connectivity index (χ2n) is 0. The molecule has 0 aliphatic rings. The van der Waals surface area contributed by atoms with Crippen LogP contribution in [0.3, 0.4) is 0 Å². The minimum Gasteiger partial charge on any atom is -0.153 e. The third-order valence-electron chi connectivity index (χ3n) is 0. The molecule has 0 aromatic heterocycles. The molecular weight excluding hydrogens is 122 g/mol. The molecule has 0 nitrogen and oxygen atoms in total. The Hall–Kier alpha value is 3.05. The molecule has 0 amide bonds. The molecule has 0 N–H and O–H groups in total. The van der Waals surface area contributed by atoms with Crippen LogP contribution in [-0.4, -0.2) is 85.4 Å². The van der Waals surface area contributed by atoms with Gasteiger partial charge < -0.3 is 0 Å². The van der Waals surface area contributed by atoms with Crippen molar-refractivity contribution in [1.29, 1.82) is 0 Å². The van der Waals surface area contributed by atoms with Gasteiger partial charge in [-0.05, 0) is 0 Å². The summed E-state index contributed by atoms with van der Waals surface area (Å²) in [7, 11) is 0. The van der Waals surface area contributed by atoms with Crippen molar-refractivity contribution in [1.82, 2.24) is 0 Å². The van der Waals surface area contributed by atoms with Gasteiger partial charge >= 0.3 is 0 Å². The molecule has 4 heavy (non-hydrogen) atoms. The van der Waals surface area contributed by atoms with Gasteiger partial charge in [-0.2, -0.15) is 9.90 Å². The average Bonchev–Trinajstić information content (AvgIpc) is 0. The number of rotatable bonds is 0. The van der Waals surface area contributed by atoms with Crippen LogP contribution in [0.1, 0.15) is 0 Å². The Bertz CT molecular complexity index is 8.00. The summed E-state index contributed by atoms with van der Waals surface area (Å²) in [4.78, 5) is 0. The molecule has 0 saturated carbocycles. The minimum absolute atomic E-state index is 0. The first-order chi connectivity index (χ1) is 0. The summed E-state index contributed by atoms with van der Waals surface area (Å²) in [5, 5.41) is 0. The van der Waals surface area contributed by atoms with E-state index in [1.807, 2.05) is 0 Å². The van der Waals surface area contributed by atoms with Crippen LogP contribution in [0, 0.1) is 0 Å². The summed E-state index contributed by atoms with van der Waals surface area (Å²) >= 11 is 0. The maximum absolute atomic E-state index is 0. The van der Waals surface area contributed by atoms with Crippen LogP contribution in [0.5, 0.6) is 0 Å². The first kappa shape index (κ1) is 27.7. The molecule has 1 atom stereocenters. The van der Waals surface area contributed by atoms with Crippen LogP contribution in [0.4, 0.5) is 0 Å². The molecule has 0 saturated heterocycles. The first-order valence-electron chi connectivity index (χ1n) is 0. The van der Waals surface area contributed by atoms with Crippen molar-refractivity contribution in [3.05, 3.63) is 0 Å². The van der Waals surface area contributed by atoms with E-state index in [9.17, 15) is 0 Å². The molecule has 0 aliphatic carbocycles. The van der Waals surface area contributed by atoms with E-state index in [-0.39, 0.29) is 95.3 Å². The van der Waals surface area contributed by atoms with E-state index >= 15 is 0 Å². The van der Waals surface area contributed by atoms with Crippen molar-refractivity contribution in [2.75, 3.05) is 0 Å². The normalized spacial score (nSPS) is 0. The van der Waals surface area contributed by atoms with Gasteiger partial charge in [-0.25, -0.2) is 0 Å². The van der Waals surface area contributed by atoms with Crippen LogP contribution in [-0.2, 0) is 0 Å². The van der Waals surface area contributed by atoms with Gasteiger partial charge in [0.25, 0.3) is 0 Å². The van der Waals surface area contributed by atoms with E-state index in [1.54, 1.807) is 0 Å². The second kappa shape index (κ2) is 16.6. The topological polar surface area (TPSA) is 0 Å². The van der Waals surface area contributed by atoms with Crippen molar-refractivity contribution >= 4 is 95.3 Å². The molecule has 0 fully saturated rings. The van der Waals surface area contributed by atoms with E-state index < -0.39 is 0 Å². The maximum Gasteiger partial charge on any atom is 0 e. The Morgan fingerprint density at radius 3 is 1.00 bits per heavy atom. The number of hydrogen-bond acceptors (Lipinski definition) is 0. The Morgan fingerprint density at radius 1 is 1.00 bits per heavy atom. The largest absolute Gasteiger partial charge is 0.153 e. The molecule has 15 valence electrons. The van der Waals surface area contributed by atoms with Crippen LogP contribution in [0.2, 0.25) is 0 Å². The first-order valence-corrected chi connectivity index (χ1v) is 0. The van der Waals surface area contributed by atoms with Gasteiger partial charge in [-0.1, -0.05) is 0 Å². The van der Waals surface area contributed by atoms with Gasteiger partial charge in [0.05, 0.1) is 0 Å². The van der Waals surface area contributed by atoms with Gasteiger partial charge in [-0.3, -0.25) is 0 Å². The standard InChI is InChI=1S/K.Mg.H3P.Si/h;;1H3;. The van der Waals surface area contributed by atoms with Crippen molar-refractivity contribution in [3.63, 3.8) is 0 Å². The molecule has 1 unspecified atom stereocenters. The smallest absolute Gasteiger partial charge is 0 e. The van der Waals surface area contributed by atoms with E-state index in [0.29, 0.717) is 0 Å². The van der Waals surface area contributed by atoms with Crippen LogP contribution < -0.4 is 0 Å². The fourth-order valence-electron chi connectivity index (χ4n) is 0. The predicted molar refractivity (Wildman–Crippen MR) is 28.4 cm³/mol. The zero-order valence-electron chi connectivity index (χ0n) is 2.91. The molecule has 0 spiro atoms. The molecule has 0 bridgehead atoms. The predicted octanol–water partition coefficient (Wildman–Crippen LogP) is -1.08. The van der Waals surface area contributed by atoms with Gasteiger partial charge in [0, 0.05) is 85.4 Å². The van der Waals surface area contributed by atoms with Crippen molar-refractivity contribution < 1.29 is 0 Å². The quantitative estimate of drug-likeness (QED) is 0.285. The van der Waals surface area contributed by atoms with Gasteiger partial charge in [0.1, 0.15) is 0 Å². The summed E-state index contributed by atoms with van der Waals surface area (Å²) in [6, 6.07) is 0. The summed E-state index contributed by atoms with van der Waals surface area (Å²) in [5.41, 5.74) is 0. The summed E-state index contributed by atoms with van der Waals surface area (Å²) in [6.07, 6.45) is 0. The Labute approximate surface area is 93.1 Å². The van der Waals surface area contributed by atoms with Crippen LogP contribution >= 0.6 is 9.90 Å². The zero-order chi connectivity index (χ0) is 0. The molecule has 0 heterocycles. The van der Waals surface area contributed by atoms with Gasteiger partial charge in [-0.15, -0.1) is 0 Å².